The van der Waals surface area contributed by atoms with E-state index < -0.39 is 12.7 Å². The molecule has 0 aliphatic rings. The first-order chi connectivity index (χ1) is 12.6. The van der Waals surface area contributed by atoms with Gasteiger partial charge in [0.25, 0.3) is 0 Å². The molecule has 0 bridgehead atoms. The van der Waals surface area contributed by atoms with Crippen LogP contribution in [0.25, 0.3) is 0 Å². The summed E-state index contributed by atoms with van der Waals surface area (Å²) in [5.41, 5.74) is -0.196. The van der Waals surface area contributed by atoms with Crippen LogP contribution in [0, 0.1) is 0 Å². The van der Waals surface area contributed by atoms with Crippen LogP contribution < -0.4 is 20.1 Å². The monoisotopic (exact) mass is 366 g/mol. The molecule has 0 heterocycles. The number of benzene rings is 3. The van der Waals surface area contributed by atoms with E-state index >= 15 is 0 Å². The van der Waals surface area contributed by atoms with E-state index in [0.29, 0.717) is 22.1 Å². The second kappa shape index (κ2) is 7.59. The van der Waals surface area contributed by atoms with Crippen LogP contribution in [0.5, 0.6) is 11.5 Å². The Kier molecular flexibility index (Phi) is 5.24. The molecule has 0 N–H and O–H groups in total. The van der Waals surface area contributed by atoms with Gasteiger partial charge in [-0.25, -0.2) is 0 Å². The maximum Gasteiger partial charge on any atom is 0.233 e. The number of carbonyl (C=O) groups is 1. The molecule has 0 spiro atoms. The molecule has 132 valence electrons. The zero-order valence-electron chi connectivity index (χ0n) is 14.6. The van der Waals surface area contributed by atoms with E-state index in [2.05, 4.69) is 0 Å². The van der Waals surface area contributed by atoms with Gasteiger partial charge in [-0.15, -0.1) is 0 Å². The maximum absolute atomic E-state index is 14.1. The van der Waals surface area contributed by atoms with E-state index in [9.17, 15) is 9.36 Å². The summed E-state index contributed by atoms with van der Waals surface area (Å²) in [5.74, 6) is 0.897. The van der Waals surface area contributed by atoms with E-state index in [1.54, 1.807) is 66.7 Å². The van der Waals surface area contributed by atoms with Gasteiger partial charge in [0.2, 0.25) is 12.7 Å². The second-order valence-corrected chi connectivity index (χ2v) is 8.31. The molecular weight excluding hydrogens is 347 g/mol. The van der Waals surface area contributed by atoms with E-state index in [1.165, 1.54) is 14.2 Å². The summed E-state index contributed by atoms with van der Waals surface area (Å²) in [7, 11) is -0.550. The minimum absolute atomic E-state index is 0.268. The standard InChI is InChI=1S/C21H19O4P/c1-24-16-13-14-19(20(15-16)25-2)21(22)26(23,17-9-5-3-6-10-17)18-11-7-4-8-12-18/h3-15H,1-2H3. The third-order valence-corrected chi connectivity index (χ3v) is 7.03. The van der Waals surface area contributed by atoms with Crippen LogP contribution in [0.4, 0.5) is 0 Å². The van der Waals surface area contributed by atoms with Crippen LogP contribution in [0.1, 0.15) is 10.4 Å². The lowest BCUT2D eigenvalue weighted by molar-refractivity contribution is 0.107. The first kappa shape index (κ1) is 18.0. The molecule has 0 fully saturated rings. The number of hydrogen-bond acceptors (Lipinski definition) is 4. The van der Waals surface area contributed by atoms with Crippen LogP contribution in [-0.2, 0) is 4.57 Å². The van der Waals surface area contributed by atoms with E-state index in [-0.39, 0.29) is 5.56 Å². The minimum Gasteiger partial charge on any atom is -0.497 e. The van der Waals surface area contributed by atoms with Gasteiger partial charge in [0.05, 0.1) is 19.8 Å². The van der Waals surface area contributed by atoms with Crippen LogP contribution >= 0.6 is 7.14 Å². The number of rotatable bonds is 6. The average Bonchev–Trinajstić information content (AvgIpc) is 2.73. The molecule has 0 unspecified atom stereocenters. The maximum atomic E-state index is 14.1. The van der Waals surface area contributed by atoms with Gasteiger partial charge in [-0.3, -0.25) is 4.79 Å². The van der Waals surface area contributed by atoms with Crippen molar-refractivity contribution in [3.63, 3.8) is 0 Å². The Morgan fingerprint density at radius 2 is 1.31 bits per heavy atom. The molecule has 0 saturated carbocycles. The molecule has 4 nitrogen and oxygen atoms in total. The Labute approximate surface area is 152 Å². The lowest BCUT2D eigenvalue weighted by Crippen LogP contribution is -2.23. The van der Waals surface area contributed by atoms with E-state index in [1.807, 2.05) is 12.1 Å². The van der Waals surface area contributed by atoms with Crippen molar-refractivity contribution in [3.8, 4) is 11.5 Å². The zero-order chi connectivity index (χ0) is 18.6. The molecule has 3 aromatic carbocycles. The Morgan fingerprint density at radius 1 is 0.769 bits per heavy atom. The van der Waals surface area contributed by atoms with Crippen LogP contribution in [0.15, 0.2) is 78.9 Å². The normalized spacial score (nSPS) is 11.0. The van der Waals surface area contributed by atoms with Crippen LogP contribution in [0.2, 0.25) is 0 Å². The molecule has 3 rings (SSSR count). The second-order valence-electron chi connectivity index (χ2n) is 5.65. The summed E-state index contributed by atoms with van der Waals surface area (Å²) in [6.07, 6.45) is 0. The fourth-order valence-electron chi connectivity index (χ4n) is 2.80. The first-order valence-electron chi connectivity index (χ1n) is 8.09. The highest BCUT2D eigenvalue weighted by atomic mass is 31.2. The fraction of sp³-hybridized carbons (Fsp3) is 0.0952. The van der Waals surface area contributed by atoms with Crippen molar-refractivity contribution in [2.45, 2.75) is 0 Å². The van der Waals surface area contributed by atoms with Crippen molar-refractivity contribution in [1.82, 2.24) is 0 Å². The number of methoxy groups -OCH3 is 2. The van der Waals surface area contributed by atoms with Crippen molar-refractivity contribution in [3.05, 3.63) is 84.4 Å². The molecule has 0 atom stereocenters. The highest BCUT2D eigenvalue weighted by Crippen LogP contribution is 2.48. The molecule has 0 saturated heterocycles. The summed E-state index contributed by atoms with van der Waals surface area (Å²) in [5, 5.41) is 0.989. The molecule has 0 aliphatic carbocycles. The van der Waals surface area contributed by atoms with Crippen molar-refractivity contribution >= 4 is 23.3 Å². The smallest absolute Gasteiger partial charge is 0.233 e. The lowest BCUT2D eigenvalue weighted by Gasteiger charge is -2.19. The molecule has 0 aromatic heterocycles. The van der Waals surface area contributed by atoms with Gasteiger partial charge in [-0.1, -0.05) is 60.7 Å². The van der Waals surface area contributed by atoms with Gasteiger partial charge in [0.15, 0.2) is 0 Å². The van der Waals surface area contributed by atoms with Crippen LogP contribution in [-0.4, -0.2) is 19.7 Å². The number of ether oxygens (including phenoxy) is 2. The number of hydrogen-bond donors (Lipinski definition) is 0. The van der Waals surface area contributed by atoms with Gasteiger partial charge in [-0.05, 0) is 12.1 Å². The largest absolute Gasteiger partial charge is 0.497 e. The summed E-state index contributed by atoms with van der Waals surface area (Å²) in [6.45, 7) is 0. The van der Waals surface area contributed by atoms with Crippen molar-refractivity contribution in [1.29, 1.82) is 0 Å². The lowest BCUT2D eigenvalue weighted by atomic mass is 10.2. The SMILES string of the molecule is COc1ccc(C(=O)P(=O)(c2ccccc2)c2ccccc2)c(OC)c1. The van der Waals surface area contributed by atoms with Gasteiger partial charge in [-0.2, -0.15) is 0 Å². The van der Waals surface area contributed by atoms with E-state index in [0.717, 1.165) is 0 Å². The third kappa shape index (κ3) is 3.16. The van der Waals surface area contributed by atoms with Gasteiger partial charge < -0.3 is 14.0 Å². The van der Waals surface area contributed by atoms with Crippen LogP contribution in [0.3, 0.4) is 0 Å². The topological polar surface area (TPSA) is 52.6 Å². The van der Waals surface area contributed by atoms with Crippen molar-refractivity contribution < 1.29 is 18.8 Å². The Hall–Kier alpha value is -2.84. The Balaban J connectivity index is 2.21. The molecule has 0 amide bonds. The van der Waals surface area contributed by atoms with Gasteiger partial charge in [0.1, 0.15) is 11.5 Å². The molecule has 3 aromatic rings. The summed E-state index contributed by atoms with van der Waals surface area (Å²) < 4.78 is 24.6. The molecule has 5 heteroatoms. The summed E-state index contributed by atoms with van der Waals surface area (Å²) in [4.78, 5) is 13.5. The fourth-order valence-corrected chi connectivity index (χ4v) is 5.28. The third-order valence-electron chi connectivity index (χ3n) is 4.16. The van der Waals surface area contributed by atoms with Gasteiger partial charge >= 0.3 is 0 Å². The van der Waals surface area contributed by atoms with E-state index in [4.69, 9.17) is 9.47 Å². The summed E-state index contributed by atoms with van der Waals surface area (Å²) >= 11 is 0. The average molecular weight is 366 g/mol. The summed E-state index contributed by atoms with van der Waals surface area (Å²) in [6, 6.07) is 22.6. The molecule has 26 heavy (non-hydrogen) atoms. The Bertz CT molecular complexity index is 909. The molecular formula is C21H19O4P. The highest BCUT2D eigenvalue weighted by Gasteiger charge is 2.37. The minimum atomic E-state index is -3.56. The number of carbonyl (C=O) groups excluding carboxylic acids is 1. The quantitative estimate of drug-likeness (QED) is 0.622. The molecule has 0 aliphatic heterocycles. The highest BCUT2D eigenvalue weighted by molar-refractivity contribution is 7.93. The van der Waals surface area contributed by atoms with Gasteiger partial charge in [0, 0.05) is 16.7 Å². The predicted molar refractivity (Wildman–Crippen MR) is 104 cm³/mol. The Morgan fingerprint density at radius 3 is 1.77 bits per heavy atom. The first-order valence-corrected chi connectivity index (χ1v) is 9.80. The zero-order valence-corrected chi connectivity index (χ0v) is 15.5. The molecule has 0 radical (unpaired) electrons. The van der Waals surface area contributed by atoms with Crippen molar-refractivity contribution in [2.24, 2.45) is 0 Å². The van der Waals surface area contributed by atoms with Crippen molar-refractivity contribution in [2.75, 3.05) is 14.2 Å². The predicted octanol–water partition coefficient (Wildman–Crippen LogP) is 3.86.